The number of rotatable bonds is 9. The largest absolute Gasteiger partial charge is 0.463 e. The summed E-state index contributed by atoms with van der Waals surface area (Å²) in [6.07, 6.45) is 0.762. The second-order valence-corrected chi connectivity index (χ2v) is 14.1. The van der Waals surface area contributed by atoms with Gasteiger partial charge in [0.25, 0.3) is 0 Å². The molecule has 0 aliphatic heterocycles. The number of ether oxygens (including phenoxy) is 1. The Hall–Kier alpha value is -3.41. The third-order valence-corrected chi connectivity index (χ3v) is 9.44. The molecule has 0 fully saturated rings. The number of carbonyl (C=O) groups is 4. The van der Waals surface area contributed by atoms with E-state index in [-0.39, 0.29) is 13.3 Å². The predicted molar refractivity (Wildman–Crippen MR) is 180 cm³/mol. The molecule has 0 aliphatic rings. The van der Waals surface area contributed by atoms with Crippen molar-refractivity contribution >= 4 is 44.8 Å². The Bertz CT molecular complexity index is 1250. The van der Waals surface area contributed by atoms with E-state index in [1.165, 1.54) is 21.0 Å². The summed E-state index contributed by atoms with van der Waals surface area (Å²) in [5.74, 6) is 2.67. The summed E-state index contributed by atoms with van der Waals surface area (Å²) in [7, 11) is 1.36. The zero-order valence-corrected chi connectivity index (χ0v) is 29.1. The molecule has 3 aromatic rings. The monoisotopic (exact) mass is 728 g/mol. The third kappa shape index (κ3) is 13.1. The molecule has 0 N–H and O–H groups in total. The van der Waals surface area contributed by atoms with Gasteiger partial charge < -0.3 is 13.6 Å². The van der Waals surface area contributed by atoms with Crippen LogP contribution < -0.4 is 0 Å². The number of carbonyl (C=O) groups excluding carboxylic acids is 4. The van der Waals surface area contributed by atoms with E-state index in [1.807, 2.05) is 38.1 Å². The number of furan rings is 2. The minimum Gasteiger partial charge on any atom is -0.463 e. The molecule has 0 atom stereocenters. The minimum atomic E-state index is -2.59. The van der Waals surface area contributed by atoms with Crippen LogP contribution >= 0.6 is 20.6 Å². The first-order chi connectivity index (χ1) is 20.1. The predicted octanol–water partition coefficient (Wildman–Crippen LogP) is 9.61. The van der Waals surface area contributed by atoms with Crippen molar-refractivity contribution in [3.63, 3.8) is 0 Å². The molecule has 0 spiro atoms. The van der Waals surface area contributed by atoms with Crippen molar-refractivity contribution in [2.24, 2.45) is 0 Å². The number of hydrogen-bond acceptors (Lipinski definition) is 9. The van der Waals surface area contributed by atoms with Crippen LogP contribution in [0.25, 0.3) is 0 Å². The van der Waals surface area contributed by atoms with E-state index < -0.39 is 38.6 Å². The molecular formula is C34H49IO9. The number of aldehydes is 1. The van der Waals surface area contributed by atoms with Gasteiger partial charge in [0.15, 0.2) is 12.0 Å². The summed E-state index contributed by atoms with van der Waals surface area (Å²) >= 11 is -2.59. The van der Waals surface area contributed by atoms with Gasteiger partial charge >= 0.3 is 102 Å². The van der Waals surface area contributed by atoms with Crippen LogP contribution in [0.5, 0.6) is 0 Å². The fourth-order valence-electron chi connectivity index (χ4n) is 3.74. The number of methoxy groups -OCH3 is 1. The average molecular weight is 729 g/mol. The Morgan fingerprint density at radius 1 is 0.727 bits per heavy atom. The Kier molecular flexibility index (Phi) is 18.3. The molecule has 0 saturated heterocycles. The zero-order chi connectivity index (χ0) is 32.9. The maximum atomic E-state index is 11.3. The molecule has 2 heterocycles. The fraction of sp³-hybridized carbons (Fsp3) is 0.471. The van der Waals surface area contributed by atoms with Gasteiger partial charge in [0.05, 0.1) is 7.11 Å². The van der Waals surface area contributed by atoms with Crippen LogP contribution in [0.2, 0.25) is 0 Å². The molecular weight excluding hydrogens is 679 g/mol. The molecule has 10 heteroatoms. The normalized spacial score (nSPS) is 10.7. The van der Waals surface area contributed by atoms with Gasteiger partial charge in [-0.05, 0) is 35.1 Å². The second-order valence-electron chi connectivity index (χ2n) is 10.8. The molecule has 0 unspecified atom stereocenters. The van der Waals surface area contributed by atoms with Crippen molar-refractivity contribution < 1.29 is 38.9 Å². The van der Waals surface area contributed by atoms with E-state index >= 15 is 0 Å². The van der Waals surface area contributed by atoms with Crippen molar-refractivity contribution in [1.82, 2.24) is 0 Å². The molecule has 1 aromatic carbocycles. The molecule has 0 bridgehead atoms. The SMILES string of the molecule is C.CC(=O)OI(OC(C)=O)c1ccccc1.CC(C)c1cc(C=O)oc1C(C)C.COC(=O)c1cc(C(C)C)c(C(C)C)o1. The van der Waals surface area contributed by atoms with E-state index in [0.717, 1.165) is 32.5 Å². The number of halogens is 1. The van der Waals surface area contributed by atoms with Crippen molar-refractivity contribution in [2.45, 2.75) is 100 Å². The van der Waals surface area contributed by atoms with Crippen LogP contribution in [0.3, 0.4) is 0 Å². The van der Waals surface area contributed by atoms with Gasteiger partial charge in [-0.2, -0.15) is 0 Å². The van der Waals surface area contributed by atoms with E-state index in [1.54, 1.807) is 18.2 Å². The summed E-state index contributed by atoms with van der Waals surface area (Å²) in [6, 6.07) is 12.7. The average Bonchev–Trinajstić information content (AvgIpc) is 3.59. The quantitative estimate of drug-likeness (QED) is 0.120. The standard InChI is InChI=1S/C12H18O3.C11H16O2.C10H11IO4.CH4/c1-7(2)9-6-10(12(13)14-5)15-11(9)8(3)4;1-7(2)10-5-9(6-12)13-11(10)8(3)4;1-8(12)14-11(15-9(2)13)10-6-4-3-5-7-10;/h6-8H,1-5H3;5-8H,1-4H3;3-7H,1-2H3;1H4. The second kappa shape index (κ2) is 19.8. The van der Waals surface area contributed by atoms with Gasteiger partial charge in [-0.15, -0.1) is 0 Å². The van der Waals surface area contributed by atoms with E-state index in [2.05, 4.69) is 46.3 Å². The molecule has 44 heavy (non-hydrogen) atoms. The summed E-state index contributed by atoms with van der Waals surface area (Å²) in [5.41, 5.74) is 2.24. The Morgan fingerprint density at radius 3 is 1.52 bits per heavy atom. The van der Waals surface area contributed by atoms with Gasteiger partial charge in [-0.1, -0.05) is 62.8 Å². The Labute approximate surface area is 270 Å². The van der Waals surface area contributed by atoms with Crippen LogP contribution in [0.4, 0.5) is 0 Å². The topological polar surface area (TPSA) is 122 Å². The van der Waals surface area contributed by atoms with Gasteiger partial charge in [0.2, 0.25) is 5.76 Å². The molecule has 2 aromatic heterocycles. The molecule has 0 amide bonds. The number of hydrogen-bond donors (Lipinski definition) is 0. The summed E-state index contributed by atoms with van der Waals surface area (Å²) in [5, 5.41) is 0. The van der Waals surface area contributed by atoms with Crippen LogP contribution in [0, 0.1) is 3.57 Å². The van der Waals surface area contributed by atoms with Crippen LogP contribution in [-0.2, 0) is 20.5 Å². The smallest absolute Gasteiger partial charge is 0.373 e. The van der Waals surface area contributed by atoms with Crippen molar-refractivity contribution in [1.29, 1.82) is 0 Å². The van der Waals surface area contributed by atoms with Gasteiger partial charge in [0, 0.05) is 11.8 Å². The van der Waals surface area contributed by atoms with E-state index in [0.29, 0.717) is 29.3 Å². The van der Waals surface area contributed by atoms with Crippen LogP contribution in [-0.4, -0.2) is 31.3 Å². The molecule has 0 saturated carbocycles. The van der Waals surface area contributed by atoms with Crippen molar-refractivity contribution in [2.75, 3.05) is 7.11 Å². The van der Waals surface area contributed by atoms with E-state index in [9.17, 15) is 19.2 Å². The Balaban J connectivity index is 0.000000625. The molecule has 3 rings (SSSR count). The van der Waals surface area contributed by atoms with E-state index in [4.69, 9.17) is 15.0 Å². The zero-order valence-electron chi connectivity index (χ0n) is 27.0. The summed E-state index contributed by atoms with van der Waals surface area (Å²) in [4.78, 5) is 43.5. The first-order valence-electron chi connectivity index (χ1n) is 14.1. The maximum Gasteiger partial charge on any atom is 0.373 e. The maximum absolute atomic E-state index is 11.3. The molecule has 9 nitrogen and oxygen atoms in total. The van der Waals surface area contributed by atoms with Crippen LogP contribution in [0.15, 0.2) is 51.3 Å². The van der Waals surface area contributed by atoms with Gasteiger partial charge in [-0.25, -0.2) is 4.79 Å². The van der Waals surface area contributed by atoms with Gasteiger partial charge in [-0.3, -0.25) is 4.79 Å². The third-order valence-electron chi connectivity index (χ3n) is 5.67. The van der Waals surface area contributed by atoms with Crippen LogP contribution in [0.1, 0.15) is 144 Å². The molecule has 0 radical (unpaired) electrons. The van der Waals surface area contributed by atoms with Crippen molar-refractivity contribution in [3.05, 3.63) is 80.2 Å². The first kappa shape index (κ1) is 40.6. The van der Waals surface area contributed by atoms with Crippen molar-refractivity contribution in [3.8, 4) is 0 Å². The number of esters is 1. The molecule has 246 valence electrons. The summed E-state index contributed by atoms with van der Waals surface area (Å²) in [6.45, 7) is 19.2. The molecule has 0 aliphatic carbocycles. The summed E-state index contributed by atoms with van der Waals surface area (Å²) < 4.78 is 26.4. The first-order valence-corrected chi connectivity index (χ1v) is 16.9. The minimum absolute atomic E-state index is 0. The Morgan fingerprint density at radius 2 is 1.18 bits per heavy atom. The fourth-order valence-corrected chi connectivity index (χ4v) is 6.47. The number of benzene rings is 1. The van der Waals surface area contributed by atoms with Gasteiger partial charge in [0.1, 0.15) is 11.5 Å².